The third-order valence-corrected chi connectivity index (χ3v) is 2.67. The minimum atomic E-state index is 0.119. The van der Waals surface area contributed by atoms with Crippen LogP contribution in [0.2, 0.25) is 0 Å². The Bertz CT molecular complexity index is 285. The molecule has 13 heavy (non-hydrogen) atoms. The van der Waals surface area contributed by atoms with Crippen molar-refractivity contribution in [3.63, 3.8) is 0 Å². The predicted octanol–water partition coefficient (Wildman–Crippen LogP) is 1.47. The van der Waals surface area contributed by atoms with Gasteiger partial charge in [-0.3, -0.25) is 0 Å². The Labute approximate surface area is 78.2 Å². The zero-order valence-corrected chi connectivity index (χ0v) is 7.79. The molecule has 1 heterocycles. The van der Waals surface area contributed by atoms with E-state index in [1.54, 1.807) is 0 Å². The molecule has 0 saturated carbocycles. The van der Waals surface area contributed by atoms with Gasteiger partial charge in [-0.25, -0.2) is 0 Å². The maximum atomic E-state index is 8.88. The molecule has 0 bridgehead atoms. The van der Waals surface area contributed by atoms with Crippen LogP contribution < -0.4 is 0 Å². The van der Waals surface area contributed by atoms with Gasteiger partial charge in [-0.2, -0.15) is 0 Å². The third kappa shape index (κ3) is 1.47. The van der Waals surface area contributed by atoms with E-state index < -0.39 is 0 Å². The van der Waals surface area contributed by atoms with E-state index in [0.29, 0.717) is 0 Å². The van der Waals surface area contributed by atoms with Crippen LogP contribution >= 0.6 is 0 Å². The highest BCUT2D eigenvalue weighted by atomic mass is 16.5. The van der Waals surface area contributed by atoms with Gasteiger partial charge in [0.2, 0.25) is 0 Å². The molecule has 1 saturated heterocycles. The second-order valence-corrected chi connectivity index (χ2v) is 3.91. The Morgan fingerprint density at radius 3 is 2.31 bits per heavy atom. The van der Waals surface area contributed by atoms with Gasteiger partial charge in [0.1, 0.15) is 0 Å². The van der Waals surface area contributed by atoms with Gasteiger partial charge in [0.15, 0.2) is 0 Å². The molecule has 0 spiro atoms. The van der Waals surface area contributed by atoms with Crippen molar-refractivity contribution in [2.45, 2.75) is 18.9 Å². The van der Waals surface area contributed by atoms with Gasteiger partial charge in [0, 0.05) is 5.41 Å². The molecule has 70 valence electrons. The fourth-order valence-electron chi connectivity index (χ4n) is 1.59. The minimum Gasteiger partial charge on any atom is -0.392 e. The summed E-state index contributed by atoms with van der Waals surface area (Å²) in [5, 5.41) is 8.88. The molecular weight excluding hydrogens is 164 g/mol. The van der Waals surface area contributed by atoms with E-state index in [1.807, 2.05) is 12.1 Å². The first-order chi connectivity index (χ1) is 6.24. The first kappa shape index (κ1) is 8.73. The average Bonchev–Trinajstić information content (AvgIpc) is 2.14. The number of aliphatic hydroxyl groups is 1. The number of aliphatic hydroxyl groups excluding tert-OH is 1. The van der Waals surface area contributed by atoms with Crippen molar-refractivity contribution >= 4 is 0 Å². The summed E-state index contributed by atoms with van der Waals surface area (Å²) in [5.74, 6) is 0. The molecule has 1 aliphatic rings. The van der Waals surface area contributed by atoms with Gasteiger partial charge in [-0.1, -0.05) is 31.2 Å². The Balaban J connectivity index is 2.22. The lowest BCUT2D eigenvalue weighted by molar-refractivity contribution is -0.0500. The van der Waals surface area contributed by atoms with E-state index in [4.69, 9.17) is 9.84 Å². The first-order valence-corrected chi connectivity index (χ1v) is 4.53. The molecule has 1 aromatic rings. The van der Waals surface area contributed by atoms with Crippen molar-refractivity contribution in [1.29, 1.82) is 0 Å². The Kier molecular flexibility index (Phi) is 2.10. The quantitative estimate of drug-likeness (QED) is 0.743. The standard InChI is InChI=1S/C11H14O2/c1-11(7-13-8-11)10-4-2-9(6-12)3-5-10/h2-5,12H,6-8H2,1H3. The largest absolute Gasteiger partial charge is 0.392 e. The van der Waals surface area contributed by atoms with Crippen molar-refractivity contribution in [3.05, 3.63) is 35.4 Å². The molecule has 0 aromatic heterocycles. The van der Waals surface area contributed by atoms with Gasteiger partial charge in [0.25, 0.3) is 0 Å². The molecule has 2 heteroatoms. The van der Waals surface area contributed by atoms with Crippen molar-refractivity contribution in [2.24, 2.45) is 0 Å². The van der Waals surface area contributed by atoms with E-state index >= 15 is 0 Å². The molecule has 1 aliphatic heterocycles. The van der Waals surface area contributed by atoms with E-state index in [0.717, 1.165) is 18.8 Å². The van der Waals surface area contributed by atoms with Gasteiger partial charge in [-0.15, -0.1) is 0 Å². The van der Waals surface area contributed by atoms with Gasteiger partial charge < -0.3 is 9.84 Å². The molecule has 2 rings (SSSR count). The number of hydrogen-bond acceptors (Lipinski definition) is 2. The van der Waals surface area contributed by atoms with Crippen LogP contribution in [0.3, 0.4) is 0 Å². The van der Waals surface area contributed by atoms with Gasteiger partial charge >= 0.3 is 0 Å². The lowest BCUT2D eigenvalue weighted by Crippen LogP contribution is -2.43. The molecule has 1 N–H and O–H groups in total. The van der Waals surface area contributed by atoms with Gasteiger partial charge in [-0.05, 0) is 11.1 Å². The average molecular weight is 178 g/mol. The van der Waals surface area contributed by atoms with Crippen LogP contribution in [0.1, 0.15) is 18.1 Å². The zero-order chi connectivity index (χ0) is 9.31. The van der Waals surface area contributed by atoms with Crippen LogP contribution in [0.4, 0.5) is 0 Å². The molecular formula is C11H14O2. The Morgan fingerprint density at radius 2 is 1.92 bits per heavy atom. The summed E-state index contributed by atoms with van der Waals surface area (Å²) in [5.41, 5.74) is 2.47. The summed E-state index contributed by atoms with van der Waals surface area (Å²) >= 11 is 0. The second-order valence-electron chi connectivity index (χ2n) is 3.91. The highest BCUT2D eigenvalue weighted by Crippen LogP contribution is 2.31. The van der Waals surface area contributed by atoms with Crippen molar-refractivity contribution < 1.29 is 9.84 Å². The summed E-state index contributed by atoms with van der Waals surface area (Å²) in [6.45, 7) is 3.94. The van der Waals surface area contributed by atoms with E-state index in [1.165, 1.54) is 5.56 Å². The normalized spacial score (nSPS) is 19.5. The van der Waals surface area contributed by atoms with Gasteiger partial charge in [0.05, 0.1) is 19.8 Å². The minimum absolute atomic E-state index is 0.119. The van der Waals surface area contributed by atoms with Crippen molar-refractivity contribution in [3.8, 4) is 0 Å². The smallest absolute Gasteiger partial charge is 0.0681 e. The predicted molar refractivity (Wildman–Crippen MR) is 50.5 cm³/mol. The molecule has 0 atom stereocenters. The first-order valence-electron chi connectivity index (χ1n) is 4.53. The highest BCUT2D eigenvalue weighted by Gasteiger charge is 2.34. The zero-order valence-electron chi connectivity index (χ0n) is 7.79. The van der Waals surface area contributed by atoms with Crippen LogP contribution in [-0.2, 0) is 16.8 Å². The lowest BCUT2D eigenvalue weighted by atomic mass is 9.80. The molecule has 0 unspecified atom stereocenters. The molecule has 0 amide bonds. The number of rotatable bonds is 2. The molecule has 0 aliphatic carbocycles. The second kappa shape index (κ2) is 3.13. The van der Waals surface area contributed by atoms with E-state index in [9.17, 15) is 0 Å². The van der Waals surface area contributed by atoms with Crippen LogP contribution in [0.25, 0.3) is 0 Å². The molecule has 0 radical (unpaired) electrons. The van der Waals surface area contributed by atoms with Crippen LogP contribution in [-0.4, -0.2) is 18.3 Å². The van der Waals surface area contributed by atoms with E-state index in [2.05, 4.69) is 19.1 Å². The lowest BCUT2D eigenvalue weighted by Gasteiger charge is -2.38. The van der Waals surface area contributed by atoms with E-state index in [-0.39, 0.29) is 12.0 Å². The fraction of sp³-hybridized carbons (Fsp3) is 0.455. The summed E-state index contributed by atoms with van der Waals surface area (Å²) in [6.07, 6.45) is 0. The maximum Gasteiger partial charge on any atom is 0.0681 e. The number of benzene rings is 1. The SMILES string of the molecule is CC1(c2ccc(CO)cc2)COC1. The summed E-state index contributed by atoms with van der Waals surface area (Å²) < 4.78 is 5.20. The van der Waals surface area contributed by atoms with Crippen molar-refractivity contribution in [1.82, 2.24) is 0 Å². The third-order valence-electron chi connectivity index (χ3n) is 2.67. The Morgan fingerprint density at radius 1 is 1.31 bits per heavy atom. The fourth-order valence-corrected chi connectivity index (χ4v) is 1.59. The molecule has 1 fully saturated rings. The van der Waals surface area contributed by atoms with Crippen molar-refractivity contribution in [2.75, 3.05) is 13.2 Å². The summed E-state index contributed by atoms with van der Waals surface area (Å²) in [4.78, 5) is 0. The molecule has 2 nitrogen and oxygen atoms in total. The van der Waals surface area contributed by atoms with Crippen LogP contribution in [0, 0.1) is 0 Å². The monoisotopic (exact) mass is 178 g/mol. The van der Waals surface area contributed by atoms with Crippen LogP contribution in [0.15, 0.2) is 24.3 Å². The summed E-state index contributed by atoms with van der Waals surface area (Å²) in [7, 11) is 0. The highest BCUT2D eigenvalue weighted by molar-refractivity contribution is 5.30. The topological polar surface area (TPSA) is 29.5 Å². The maximum absolute atomic E-state index is 8.88. The van der Waals surface area contributed by atoms with Crippen LogP contribution in [0.5, 0.6) is 0 Å². The molecule has 1 aromatic carbocycles. The summed E-state index contributed by atoms with van der Waals surface area (Å²) in [6, 6.07) is 8.10. The number of ether oxygens (including phenoxy) is 1. The number of hydrogen-bond donors (Lipinski definition) is 1. The Hall–Kier alpha value is -0.860.